The van der Waals surface area contributed by atoms with Crippen LogP contribution in [0.3, 0.4) is 0 Å². The Morgan fingerprint density at radius 1 is 1.11 bits per heavy atom. The maximum absolute atomic E-state index is 13.5. The number of benzene rings is 2. The summed E-state index contributed by atoms with van der Waals surface area (Å²) in [6.45, 7) is 6.87. The number of amides is 1. The third kappa shape index (κ3) is 5.69. The maximum Gasteiger partial charge on any atom is 0.259 e. The van der Waals surface area contributed by atoms with Crippen molar-refractivity contribution in [3.63, 3.8) is 0 Å². The van der Waals surface area contributed by atoms with E-state index in [2.05, 4.69) is 26.1 Å². The van der Waals surface area contributed by atoms with E-state index in [-0.39, 0.29) is 11.3 Å². The Labute approximate surface area is 231 Å². The highest BCUT2D eigenvalue weighted by molar-refractivity contribution is 7.16. The monoisotopic (exact) mass is 550 g/mol. The Balaban J connectivity index is 1.47. The Morgan fingerprint density at radius 3 is 2.62 bits per heavy atom. The van der Waals surface area contributed by atoms with Gasteiger partial charge in [-0.3, -0.25) is 4.79 Å². The van der Waals surface area contributed by atoms with E-state index in [9.17, 15) is 4.79 Å². The van der Waals surface area contributed by atoms with Crippen molar-refractivity contribution in [2.75, 3.05) is 5.32 Å². The highest BCUT2D eigenvalue weighted by Crippen LogP contribution is 2.45. The average molecular weight is 552 g/mol. The maximum atomic E-state index is 13.5. The minimum atomic E-state index is -0.127. The first kappa shape index (κ1) is 25.8. The number of carbonyl (C=O) groups is 1. The van der Waals surface area contributed by atoms with Crippen molar-refractivity contribution < 1.29 is 9.21 Å². The van der Waals surface area contributed by atoms with Crippen molar-refractivity contribution in [1.29, 1.82) is 0 Å². The first-order valence-corrected chi connectivity index (χ1v) is 13.9. The van der Waals surface area contributed by atoms with Crippen LogP contribution in [0, 0.1) is 11.3 Å². The minimum absolute atomic E-state index is 0.127. The van der Waals surface area contributed by atoms with Crippen LogP contribution in [0.1, 0.15) is 53.8 Å². The van der Waals surface area contributed by atoms with Crippen LogP contribution >= 0.6 is 34.5 Å². The molecule has 5 rings (SSSR count). The predicted molar refractivity (Wildman–Crippen MR) is 155 cm³/mol. The molecule has 2 heterocycles. The van der Waals surface area contributed by atoms with Gasteiger partial charge in [0.25, 0.3) is 5.91 Å². The second-order valence-corrected chi connectivity index (χ2v) is 12.3. The van der Waals surface area contributed by atoms with E-state index in [4.69, 9.17) is 32.6 Å². The number of carbonyl (C=O) groups excluding carboxylic acids is 1. The van der Waals surface area contributed by atoms with Crippen LogP contribution in [0.2, 0.25) is 10.0 Å². The van der Waals surface area contributed by atoms with Crippen molar-refractivity contribution in [2.24, 2.45) is 16.3 Å². The summed E-state index contributed by atoms with van der Waals surface area (Å²) >= 11 is 14.0. The van der Waals surface area contributed by atoms with E-state index in [1.54, 1.807) is 29.7 Å². The predicted octanol–water partition coefficient (Wildman–Crippen LogP) is 9.47. The molecule has 0 aliphatic heterocycles. The van der Waals surface area contributed by atoms with E-state index in [0.717, 1.165) is 36.1 Å². The number of para-hydroxylation sites is 1. The normalized spacial score (nSPS) is 15.6. The van der Waals surface area contributed by atoms with E-state index in [0.29, 0.717) is 38.0 Å². The number of aliphatic imine (C=N–C) groups is 1. The van der Waals surface area contributed by atoms with Crippen molar-refractivity contribution >= 4 is 57.3 Å². The number of furan rings is 1. The lowest BCUT2D eigenvalue weighted by molar-refractivity contribution is 0.102. The van der Waals surface area contributed by atoms with Gasteiger partial charge in [-0.2, -0.15) is 0 Å². The molecule has 7 heteroatoms. The number of fused-ring (bicyclic) bond motifs is 1. The second kappa shape index (κ2) is 10.5. The van der Waals surface area contributed by atoms with Gasteiger partial charge in [0.15, 0.2) is 0 Å². The summed E-state index contributed by atoms with van der Waals surface area (Å²) in [5.41, 5.74) is 3.53. The van der Waals surface area contributed by atoms with Crippen LogP contribution in [0.5, 0.6) is 0 Å². The number of hydrogen-bond acceptors (Lipinski definition) is 4. The first-order chi connectivity index (χ1) is 17.7. The second-order valence-electron chi connectivity index (χ2n) is 10.4. The lowest BCUT2D eigenvalue weighted by Crippen LogP contribution is -2.27. The van der Waals surface area contributed by atoms with Gasteiger partial charge in [0, 0.05) is 21.2 Å². The molecule has 0 fully saturated rings. The molecular formula is C30H28Cl2N2O2S. The number of rotatable bonds is 5. The molecule has 190 valence electrons. The summed E-state index contributed by atoms with van der Waals surface area (Å²) in [5.74, 6) is 1.65. The quantitative estimate of drug-likeness (QED) is 0.251. The number of hydrogen-bond donors (Lipinski definition) is 1. The molecule has 0 bridgehead atoms. The van der Waals surface area contributed by atoms with Crippen molar-refractivity contribution in [3.8, 4) is 11.3 Å². The Kier molecular flexibility index (Phi) is 7.30. The van der Waals surface area contributed by atoms with Gasteiger partial charge in [-0.25, -0.2) is 4.99 Å². The summed E-state index contributed by atoms with van der Waals surface area (Å²) < 4.78 is 6.00. The molecule has 2 aromatic heterocycles. The molecule has 0 saturated heterocycles. The third-order valence-corrected chi connectivity index (χ3v) is 8.57. The lowest BCUT2D eigenvalue weighted by Gasteiger charge is -2.33. The SMILES string of the molecule is CC(C)(C)[C@@H]1CCc2c(sc(N=Cc3ccc(-c4ccc(Cl)cc4Cl)o3)c2C(=O)Nc2ccccc2)C1. The number of thiophene rings is 1. The molecule has 0 unspecified atom stereocenters. The highest BCUT2D eigenvalue weighted by Gasteiger charge is 2.33. The van der Waals surface area contributed by atoms with Gasteiger partial charge in [-0.05, 0) is 78.6 Å². The fraction of sp³-hybridized carbons (Fsp3) is 0.267. The molecule has 1 amide bonds. The van der Waals surface area contributed by atoms with E-state index in [1.165, 1.54) is 4.88 Å². The van der Waals surface area contributed by atoms with Gasteiger partial charge in [-0.15, -0.1) is 11.3 Å². The zero-order chi connectivity index (χ0) is 26.2. The van der Waals surface area contributed by atoms with E-state index >= 15 is 0 Å². The molecule has 1 N–H and O–H groups in total. The molecule has 4 nitrogen and oxygen atoms in total. The van der Waals surface area contributed by atoms with E-state index in [1.807, 2.05) is 48.5 Å². The van der Waals surface area contributed by atoms with Crippen molar-refractivity contribution in [3.05, 3.63) is 92.5 Å². The molecule has 0 spiro atoms. The van der Waals surface area contributed by atoms with Crippen molar-refractivity contribution in [2.45, 2.75) is 40.0 Å². The number of nitrogens with one attached hydrogen (secondary N) is 1. The zero-order valence-electron chi connectivity index (χ0n) is 21.0. The van der Waals surface area contributed by atoms with Gasteiger partial charge in [0.1, 0.15) is 16.5 Å². The molecule has 1 aliphatic rings. The van der Waals surface area contributed by atoms with Crippen LogP contribution in [-0.4, -0.2) is 12.1 Å². The molecule has 37 heavy (non-hydrogen) atoms. The fourth-order valence-corrected chi connectivity index (χ4v) is 6.50. The summed E-state index contributed by atoms with van der Waals surface area (Å²) in [5, 5.41) is 4.85. The largest absolute Gasteiger partial charge is 0.455 e. The van der Waals surface area contributed by atoms with Gasteiger partial charge >= 0.3 is 0 Å². The van der Waals surface area contributed by atoms with Crippen LogP contribution in [0.4, 0.5) is 10.7 Å². The molecular weight excluding hydrogens is 523 g/mol. The standard InChI is InChI=1S/C30H28Cl2N2O2S/c1-30(2,3)18-9-12-23-26(15-18)37-29(27(23)28(35)34-20-7-5-4-6-8-20)33-17-21-11-14-25(36-21)22-13-10-19(31)16-24(22)32/h4-8,10-11,13-14,16-18H,9,12,15H2,1-3H3,(H,34,35)/t18-/m1/s1. The zero-order valence-corrected chi connectivity index (χ0v) is 23.3. The number of halogens is 2. The van der Waals surface area contributed by atoms with Crippen LogP contribution in [0.25, 0.3) is 11.3 Å². The summed E-state index contributed by atoms with van der Waals surface area (Å²) in [6.07, 6.45) is 4.57. The Hall–Kier alpha value is -2.86. The van der Waals surface area contributed by atoms with E-state index < -0.39 is 0 Å². The first-order valence-electron chi connectivity index (χ1n) is 12.3. The fourth-order valence-electron chi connectivity index (χ4n) is 4.73. The molecule has 2 aromatic carbocycles. The molecule has 0 radical (unpaired) electrons. The lowest BCUT2D eigenvalue weighted by atomic mass is 9.72. The topological polar surface area (TPSA) is 54.6 Å². The van der Waals surface area contributed by atoms with Gasteiger partial charge in [0.2, 0.25) is 0 Å². The smallest absolute Gasteiger partial charge is 0.259 e. The molecule has 4 aromatic rings. The summed E-state index contributed by atoms with van der Waals surface area (Å²) in [4.78, 5) is 19.5. The highest BCUT2D eigenvalue weighted by atomic mass is 35.5. The van der Waals surface area contributed by atoms with Gasteiger partial charge in [-0.1, -0.05) is 62.2 Å². The van der Waals surface area contributed by atoms with Crippen molar-refractivity contribution in [1.82, 2.24) is 0 Å². The van der Waals surface area contributed by atoms with Gasteiger partial charge in [0.05, 0.1) is 16.8 Å². The summed E-state index contributed by atoms with van der Waals surface area (Å²) in [7, 11) is 0. The van der Waals surface area contributed by atoms with Crippen LogP contribution < -0.4 is 5.32 Å². The molecule has 1 atom stereocenters. The van der Waals surface area contributed by atoms with Crippen LogP contribution in [0.15, 0.2) is 70.1 Å². The average Bonchev–Trinajstić information content (AvgIpc) is 3.46. The third-order valence-electron chi connectivity index (χ3n) is 6.86. The Morgan fingerprint density at radius 2 is 1.89 bits per heavy atom. The molecule has 0 saturated carbocycles. The number of anilines is 1. The Bertz CT molecular complexity index is 1460. The van der Waals surface area contributed by atoms with Crippen LogP contribution in [-0.2, 0) is 12.8 Å². The minimum Gasteiger partial charge on any atom is -0.455 e. The van der Waals surface area contributed by atoms with Gasteiger partial charge < -0.3 is 9.73 Å². The molecule has 1 aliphatic carbocycles. The summed E-state index contributed by atoms with van der Waals surface area (Å²) in [6, 6.07) is 18.5. The number of nitrogens with zero attached hydrogens (tertiary/aromatic N) is 1.